The molecule has 2 heterocycles. The van der Waals surface area contributed by atoms with E-state index >= 15 is 0 Å². The van der Waals surface area contributed by atoms with Crippen LogP contribution in [-0.4, -0.2) is 71.7 Å². The lowest BCUT2D eigenvalue weighted by molar-refractivity contribution is -0.236. The first-order valence-electron chi connectivity index (χ1n) is 16.2. The first-order chi connectivity index (χ1) is 22.9. The molecule has 0 unspecified atom stereocenters. The Kier molecular flexibility index (Phi) is 9.93. The lowest BCUT2D eigenvalue weighted by Gasteiger charge is -2.50. The van der Waals surface area contributed by atoms with Crippen molar-refractivity contribution < 1.29 is 24.1 Å². The van der Waals surface area contributed by atoms with Crippen LogP contribution in [0.25, 0.3) is 0 Å². The van der Waals surface area contributed by atoms with Gasteiger partial charge in [-0.15, -0.1) is 0 Å². The number of nitrogens with zero attached hydrogens (tertiary/aromatic N) is 2. The summed E-state index contributed by atoms with van der Waals surface area (Å²) in [5, 5.41) is 11.2. The summed E-state index contributed by atoms with van der Waals surface area (Å²) in [6.45, 7) is 0.507. The second kappa shape index (κ2) is 14.3. The fourth-order valence-corrected chi connectivity index (χ4v) is 7.05. The number of aliphatic hydroxyl groups excluding tert-OH is 1. The van der Waals surface area contributed by atoms with Crippen LogP contribution in [0.5, 0.6) is 11.5 Å². The van der Waals surface area contributed by atoms with Gasteiger partial charge in [0.2, 0.25) is 0 Å². The van der Waals surface area contributed by atoms with E-state index in [0.717, 1.165) is 42.4 Å². The molecule has 0 radical (unpaired) electrons. The minimum Gasteiger partial charge on any atom is -0.497 e. The van der Waals surface area contributed by atoms with Crippen LogP contribution in [0.3, 0.4) is 0 Å². The van der Waals surface area contributed by atoms with Crippen molar-refractivity contribution >= 4 is 0 Å². The molecule has 1 saturated carbocycles. The van der Waals surface area contributed by atoms with Gasteiger partial charge in [0.25, 0.3) is 5.56 Å². The molecule has 1 aliphatic heterocycles. The van der Waals surface area contributed by atoms with Crippen molar-refractivity contribution in [3.8, 4) is 11.5 Å². The van der Waals surface area contributed by atoms with Gasteiger partial charge < -0.3 is 24.1 Å². The summed E-state index contributed by atoms with van der Waals surface area (Å²) in [5.41, 5.74) is -0.757. The van der Waals surface area contributed by atoms with Gasteiger partial charge in [0.15, 0.2) is 6.23 Å². The Morgan fingerprint density at radius 1 is 0.851 bits per heavy atom. The van der Waals surface area contributed by atoms with Crippen LogP contribution < -0.4 is 20.7 Å². The SMILES string of the molecule is COc1ccc(C(OC[C@@]2(CO)CN(C3CCCCC3)C[C@H](n3ccc(=O)[nH]c3=O)O2)(c2ccccc2)c2ccc(OC)cc2)cc1. The number of morpholine rings is 1. The van der Waals surface area contributed by atoms with Crippen LogP contribution >= 0.6 is 0 Å². The van der Waals surface area contributed by atoms with Gasteiger partial charge in [-0.05, 0) is 53.8 Å². The minimum atomic E-state index is -1.20. The average molecular weight is 642 g/mol. The van der Waals surface area contributed by atoms with E-state index in [1.165, 1.54) is 23.3 Å². The molecule has 10 heteroatoms. The topological polar surface area (TPSA) is 115 Å². The van der Waals surface area contributed by atoms with E-state index in [2.05, 4.69) is 9.88 Å². The number of H-pyrrole nitrogens is 1. The maximum atomic E-state index is 13.0. The molecule has 0 bridgehead atoms. The Hall–Kier alpha value is -4.22. The molecule has 0 spiro atoms. The maximum absolute atomic E-state index is 13.0. The van der Waals surface area contributed by atoms with Gasteiger partial charge in [-0.2, -0.15) is 0 Å². The first kappa shape index (κ1) is 32.7. The zero-order valence-corrected chi connectivity index (χ0v) is 27.0. The number of aliphatic hydroxyl groups is 1. The molecule has 4 aromatic rings. The summed E-state index contributed by atoms with van der Waals surface area (Å²) in [6, 6.07) is 27.1. The number of methoxy groups -OCH3 is 2. The summed E-state index contributed by atoms with van der Waals surface area (Å²) in [6.07, 6.45) is 6.21. The Balaban J connectivity index is 1.45. The highest BCUT2D eigenvalue weighted by molar-refractivity contribution is 5.49. The van der Waals surface area contributed by atoms with Gasteiger partial charge in [-0.1, -0.05) is 73.9 Å². The van der Waals surface area contributed by atoms with E-state index in [1.807, 2.05) is 78.9 Å². The van der Waals surface area contributed by atoms with Crippen LogP contribution in [0.4, 0.5) is 0 Å². The smallest absolute Gasteiger partial charge is 0.330 e. The lowest BCUT2D eigenvalue weighted by Crippen LogP contribution is -2.62. The van der Waals surface area contributed by atoms with Gasteiger partial charge in [0.1, 0.15) is 22.7 Å². The van der Waals surface area contributed by atoms with E-state index < -0.39 is 28.7 Å². The molecule has 6 rings (SSSR count). The van der Waals surface area contributed by atoms with Crippen molar-refractivity contribution in [2.75, 3.05) is 40.5 Å². The molecule has 1 saturated heterocycles. The molecule has 3 aromatic carbocycles. The van der Waals surface area contributed by atoms with Crippen molar-refractivity contribution in [3.63, 3.8) is 0 Å². The number of aromatic nitrogens is 2. The highest BCUT2D eigenvalue weighted by Crippen LogP contribution is 2.43. The Labute approximate surface area is 274 Å². The van der Waals surface area contributed by atoms with E-state index in [1.54, 1.807) is 14.2 Å². The van der Waals surface area contributed by atoms with Gasteiger partial charge in [0, 0.05) is 31.4 Å². The molecule has 0 amide bonds. The number of hydrogen-bond donors (Lipinski definition) is 2. The molecule has 47 heavy (non-hydrogen) atoms. The number of aromatic amines is 1. The summed E-state index contributed by atoms with van der Waals surface area (Å²) in [4.78, 5) is 29.6. The van der Waals surface area contributed by atoms with Crippen molar-refractivity contribution in [1.29, 1.82) is 0 Å². The summed E-state index contributed by atoms with van der Waals surface area (Å²) >= 11 is 0. The zero-order chi connectivity index (χ0) is 32.9. The van der Waals surface area contributed by atoms with Crippen molar-refractivity contribution in [2.24, 2.45) is 0 Å². The van der Waals surface area contributed by atoms with Crippen LogP contribution in [0.1, 0.15) is 55.0 Å². The van der Waals surface area contributed by atoms with Crippen LogP contribution in [0.15, 0.2) is 101 Å². The molecule has 2 atom stereocenters. The molecule has 2 fully saturated rings. The maximum Gasteiger partial charge on any atom is 0.330 e. The monoisotopic (exact) mass is 641 g/mol. The highest BCUT2D eigenvalue weighted by Gasteiger charge is 2.47. The van der Waals surface area contributed by atoms with Crippen molar-refractivity contribution in [1.82, 2.24) is 14.5 Å². The summed E-state index contributed by atoms with van der Waals surface area (Å²) in [7, 11) is 3.26. The van der Waals surface area contributed by atoms with E-state index in [9.17, 15) is 14.7 Å². The van der Waals surface area contributed by atoms with Crippen molar-refractivity contribution in [2.45, 2.75) is 55.6 Å². The molecule has 2 N–H and O–H groups in total. The zero-order valence-electron chi connectivity index (χ0n) is 27.0. The third-order valence-corrected chi connectivity index (χ3v) is 9.53. The summed E-state index contributed by atoms with van der Waals surface area (Å²) in [5.74, 6) is 1.43. The third-order valence-electron chi connectivity index (χ3n) is 9.53. The number of hydrogen-bond acceptors (Lipinski definition) is 8. The fraction of sp³-hybridized carbons (Fsp3) is 0.405. The predicted octanol–water partition coefficient (Wildman–Crippen LogP) is 4.46. The first-order valence-corrected chi connectivity index (χ1v) is 16.2. The van der Waals surface area contributed by atoms with Crippen molar-refractivity contribution in [3.05, 3.63) is 129 Å². The van der Waals surface area contributed by atoms with Crippen LogP contribution in [0, 0.1) is 0 Å². The number of rotatable bonds is 11. The molecule has 1 aliphatic carbocycles. The Morgan fingerprint density at radius 2 is 1.45 bits per heavy atom. The number of ether oxygens (including phenoxy) is 4. The number of benzene rings is 3. The fourth-order valence-electron chi connectivity index (χ4n) is 7.05. The molecular weight excluding hydrogens is 598 g/mol. The van der Waals surface area contributed by atoms with E-state index in [4.69, 9.17) is 18.9 Å². The quantitative estimate of drug-likeness (QED) is 0.231. The molecule has 10 nitrogen and oxygen atoms in total. The van der Waals surface area contributed by atoms with Gasteiger partial charge in [-0.25, -0.2) is 4.79 Å². The van der Waals surface area contributed by atoms with Gasteiger partial charge in [-0.3, -0.25) is 19.2 Å². The predicted molar refractivity (Wildman–Crippen MR) is 178 cm³/mol. The van der Waals surface area contributed by atoms with Gasteiger partial charge in [0.05, 0.1) is 27.4 Å². The van der Waals surface area contributed by atoms with Crippen LogP contribution in [0.2, 0.25) is 0 Å². The largest absolute Gasteiger partial charge is 0.497 e. The second-order valence-electron chi connectivity index (χ2n) is 12.4. The standard InChI is InChI=1S/C37H43N3O7/c1-44-31-17-13-28(14-18-31)37(27-9-5-3-6-10-27,29-15-19-32(45-2)20-16-29)46-26-36(25-41)24-39(30-11-7-4-8-12-30)23-34(47-36)40-22-21-33(42)38-35(40)43/h3,5-6,9-10,13-22,30,34,41H,4,7-8,11-12,23-26H2,1-2H3,(H,38,42,43)/t34-,36+/m1/s1. The highest BCUT2D eigenvalue weighted by atomic mass is 16.6. The molecule has 2 aliphatic rings. The van der Waals surface area contributed by atoms with E-state index in [0.29, 0.717) is 24.6 Å². The lowest BCUT2D eigenvalue weighted by atomic mass is 9.79. The Morgan fingerprint density at radius 3 is 2.00 bits per heavy atom. The molecular formula is C37H43N3O7. The summed E-state index contributed by atoms with van der Waals surface area (Å²) < 4.78 is 26.3. The van der Waals surface area contributed by atoms with Crippen LogP contribution in [-0.2, 0) is 15.1 Å². The minimum absolute atomic E-state index is 0.00568. The molecule has 1 aromatic heterocycles. The average Bonchev–Trinajstić information content (AvgIpc) is 3.13. The Bertz CT molecular complexity index is 1670. The normalized spacial score (nSPS) is 21.0. The second-order valence-corrected chi connectivity index (χ2v) is 12.4. The molecule has 248 valence electrons. The van der Waals surface area contributed by atoms with E-state index in [-0.39, 0.29) is 19.3 Å². The third kappa shape index (κ3) is 6.78. The van der Waals surface area contributed by atoms with Gasteiger partial charge >= 0.3 is 5.69 Å². The number of nitrogens with one attached hydrogen (secondary N) is 1.